The summed E-state index contributed by atoms with van der Waals surface area (Å²) < 4.78 is 60.4. The van der Waals surface area contributed by atoms with Gasteiger partial charge in [0.1, 0.15) is 0 Å². The zero-order chi connectivity index (χ0) is 23.4. The van der Waals surface area contributed by atoms with Gasteiger partial charge in [0, 0.05) is 5.56 Å². The number of carbonyl (C=O) groups is 1. The maximum Gasteiger partial charge on any atom is 0.335 e. The molecule has 4 N–H and O–H groups in total. The predicted octanol–water partition coefficient (Wildman–Crippen LogP) is -4.55. The standard InChI is InChI=1S/C10H20O5.C8H9NO2.ClHO4/c1-2-12-5-6-14-9-10-15-8-7-13-4-3-11-1;9-5-6-1-3-7(4-2-6)8(10)11;2-1(3,4)5/h1-10H2;1-4H,5,9H2,(H,10,11);(H,2,3,4,5). The first-order chi connectivity index (χ1) is 14.7. The van der Waals surface area contributed by atoms with E-state index in [1.807, 2.05) is 0 Å². The molecular formula is C18H30ClNO11. The van der Waals surface area contributed by atoms with Gasteiger partial charge in [0.25, 0.3) is 0 Å². The fraction of sp³-hybridized carbons (Fsp3) is 0.611. The van der Waals surface area contributed by atoms with Gasteiger partial charge in [-0.15, -0.1) is 10.2 Å². The molecular weight excluding hydrogens is 442 g/mol. The van der Waals surface area contributed by atoms with Gasteiger partial charge in [-0.1, -0.05) is 12.1 Å². The predicted molar refractivity (Wildman–Crippen MR) is 94.1 cm³/mol. The van der Waals surface area contributed by atoms with Gasteiger partial charge < -0.3 is 34.5 Å². The van der Waals surface area contributed by atoms with Crippen LogP contribution in [0.1, 0.15) is 15.9 Å². The zero-order valence-corrected chi connectivity index (χ0v) is 18.0. The maximum absolute atomic E-state index is 10.4. The second-order valence-corrected chi connectivity index (χ2v) is 6.45. The molecule has 0 aromatic heterocycles. The van der Waals surface area contributed by atoms with Crippen LogP contribution in [0.5, 0.6) is 0 Å². The molecule has 1 heterocycles. The molecule has 0 amide bonds. The lowest BCUT2D eigenvalue weighted by molar-refractivity contribution is -2.00. The summed E-state index contributed by atoms with van der Waals surface area (Å²) >= 11 is 0. The molecule has 1 aromatic carbocycles. The monoisotopic (exact) mass is 471 g/mol. The average Bonchev–Trinajstić information content (AvgIpc) is 2.72. The summed E-state index contributed by atoms with van der Waals surface area (Å²) in [6, 6.07) is 6.72. The van der Waals surface area contributed by atoms with Crippen molar-refractivity contribution < 1.29 is 68.2 Å². The maximum atomic E-state index is 10.4. The van der Waals surface area contributed by atoms with Crippen molar-refractivity contribution in [3.8, 4) is 0 Å². The third kappa shape index (κ3) is 23.1. The Bertz CT molecular complexity index is 490. The van der Waals surface area contributed by atoms with Crippen LogP contribution in [0.4, 0.5) is 0 Å². The van der Waals surface area contributed by atoms with E-state index in [2.05, 4.69) is 5.73 Å². The van der Waals surface area contributed by atoms with Crippen molar-refractivity contribution in [3.05, 3.63) is 35.4 Å². The molecule has 0 unspecified atom stereocenters. The number of hydrogen-bond acceptors (Lipinski definition) is 10. The van der Waals surface area contributed by atoms with Gasteiger partial charge in [0.05, 0.1) is 78.2 Å². The summed E-state index contributed by atoms with van der Waals surface area (Å²) in [5.41, 5.74) is 5.06. The largest absolute Gasteiger partial charge is 0.478 e. The van der Waals surface area contributed by atoms with Crippen LogP contribution < -0.4 is 24.4 Å². The van der Waals surface area contributed by atoms with Gasteiger partial charge >= 0.3 is 5.97 Å². The van der Waals surface area contributed by atoms with Crippen LogP contribution in [0.25, 0.3) is 0 Å². The number of carboxylic acids is 1. The lowest BCUT2D eigenvalue weighted by Crippen LogP contribution is -2.68. The van der Waals surface area contributed by atoms with Crippen molar-refractivity contribution in [3.63, 3.8) is 0 Å². The number of benzene rings is 1. The highest BCUT2D eigenvalue weighted by Crippen LogP contribution is 2.02. The Morgan fingerprint density at radius 2 is 1.00 bits per heavy atom. The second-order valence-electron chi connectivity index (χ2n) is 5.69. The van der Waals surface area contributed by atoms with Gasteiger partial charge in [-0.2, -0.15) is 0 Å². The van der Waals surface area contributed by atoms with Gasteiger partial charge in [-0.3, -0.25) is 0 Å². The summed E-state index contributed by atoms with van der Waals surface area (Å²) in [7, 11) is -4.94. The van der Waals surface area contributed by atoms with Crippen LogP contribution in [0.2, 0.25) is 0 Å². The highest BCUT2D eigenvalue weighted by atomic mass is 35.7. The minimum Gasteiger partial charge on any atom is -0.478 e. The third-order valence-corrected chi connectivity index (χ3v) is 3.35. The molecule has 1 aliphatic rings. The number of rotatable bonds is 2. The summed E-state index contributed by atoms with van der Waals surface area (Å²) in [6.45, 7) is 6.80. The molecule has 13 heteroatoms. The van der Waals surface area contributed by atoms with Crippen LogP contribution in [0, 0.1) is 10.2 Å². The summed E-state index contributed by atoms with van der Waals surface area (Å²) in [5.74, 6) is -0.888. The molecule has 1 aliphatic heterocycles. The Labute approximate surface area is 182 Å². The summed E-state index contributed by atoms with van der Waals surface area (Å²) in [4.78, 5) is 10.4. The van der Waals surface area contributed by atoms with Crippen molar-refractivity contribution in [2.75, 3.05) is 66.1 Å². The molecule has 0 saturated carbocycles. The summed E-state index contributed by atoms with van der Waals surface area (Å²) in [6.07, 6.45) is 0. The van der Waals surface area contributed by atoms with Crippen molar-refractivity contribution >= 4 is 5.97 Å². The van der Waals surface area contributed by atoms with E-state index in [1.165, 1.54) is 0 Å². The van der Waals surface area contributed by atoms with Gasteiger partial charge in [0.15, 0.2) is 0 Å². The Hall–Kier alpha value is -1.42. The van der Waals surface area contributed by atoms with Crippen LogP contribution in [-0.2, 0) is 30.2 Å². The third-order valence-electron chi connectivity index (χ3n) is 3.35. The number of aromatic carboxylic acids is 1. The number of ether oxygens (including phenoxy) is 5. The molecule has 1 saturated heterocycles. The van der Waals surface area contributed by atoms with Crippen molar-refractivity contribution in [1.29, 1.82) is 0 Å². The number of carboxylic acid groups (broad SMARTS) is 1. The van der Waals surface area contributed by atoms with Crippen LogP contribution in [-0.4, -0.2) is 77.1 Å². The van der Waals surface area contributed by atoms with E-state index in [4.69, 9.17) is 47.4 Å². The van der Waals surface area contributed by atoms with E-state index >= 15 is 0 Å². The molecule has 1 aromatic rings. The number of hydrogen-bond donors (Lipinski definition) is 2. The molecule has 0 spiro atoms. The van der Waals surface area contributed by atoms with Crippen molar-refractivity contribution in [1.82, 2.24) is 0 Å². The molecule has 0 bridgehead atoms. The Balaban J connectivity index is 0.000000492. The topological polar surface area (TPSA) is 203 Å². The average molecular weight is 472 g/mol. The Morgan fingerprint density at radius 1 is 0.742 bits per heavy atom. The van der Waals surface area contributed by atoms with Crippen LogP contribution >= 0.6 is 0 Å². The van der Waals surface area contributed by atoms with E-state index in [0.717, 1.165) is 5.56 Å². The van der Waals surface area contributed by atoms with Crippen molar-refractivity contribution in [2.45, 2.75) is 6.54 Å². The highest BCUT2D eigenvalue weighted by molar-refractivity contribution is 5.87. The summed E-state index contributed by atoms with van der Waals surface area (Å²) in [5, 5.41) is 8.53. The first-order valence-electron chi connectivity index (χ1n) is 9.36. The normalized spacial score (nSPS) is 16.9. The van der Waals surface area contributed by atoms with Gasteiger partial charge in [-0.05, 0) is 12.1 Å². The van der Waals surface area contributed by atoms with Crippen molar-refractivity contribution in [2.24, 2.45) is 0 Å². The van der Waals surface area contributed by atoms with E-state index in [9.17, 15) is 4.79 Å². The molecule has 1 fully saturated rings. The lowest BCUT2D eigenvalue weighted by Gasteiger charge is -2.17. The van der Waals surface area contributed by atoms with E-state index in [1.54, 1.807) is 24.3 Å². The quantitative estimate of drug-likeness (QED) is 0.420. The molecule has 12 nitrogen and oxygen atoms in total. The van der Waals surface area contributed by atoms with E-state index in [0.29, 0.717) is 78.2 Å². The number of halogens is 1. The smallest absolute Gasteiger partial charge is 0.335 e. The molecule has 2 rings (SSSR count). The first kappa shape index (κ1) is 29.6. The van der Waals surface area contributed by atoms with E-state index < -0.39 is 16.2 Å². The fourth-order valence-electron chi connectivity index (χ4n) is 1.91. The minimum absolute atomic E-state index is 0.321. The minimum atomic E-state index is -4.94. The molecule has 0 aliphatic carbocycles. The molecule has 0 radical (unpaired) electrons. The van der Waals surface area contributed by atoms with E-state index in [-0.39, 0.29) is 0 Å². The fourth-order valence-corrected chi connectivity index (χ4v) is 1.91. The van der Waals surface area contributed by atoms with Gasteiger partial charge in [0.2, 0.25) is 0 Å². The zero-order valence-electron chi connectivity index (χ0n) is 17.2. The Kier molecular flexibility index (Phi) is 18.4. The SMILES string of the molecule is C1COCCOCCOCCOCCO1.[NH3+]Cc1ccc(C(=O)O)cc1.[O-][Cl+3]([O-])([O-])[O-]. The first-order valence-corrected chi connectivity index (χ1v) is 10.6. The lowest BCUT2D eigenvalue weighted by atomic mass is 10.1. The molecule has 31 heavy (non-hydrogen) atoms. The highest BCUT2D eigenvalue weighted by Gasteiger charge is 2.00. The Morgan fingerprint density at radius 3 is 1.19 bits per heavy atom. The van der Waals surface area contributed by atoms with Crippen LogP contribution in [0.3, 0.4) is 0 Å². The van der Waals surface area contributed by atoms with Crippen LogP contribution in [0.15, 0.2) is 24.3 Å². The number of quaternary nitrogens is 1. The molecule has 180 valence electrons. The van der Waals surface area contributed by atoms with Gasteiger partial charge in [-0.25, -0.2) is 23.4 Å². The molecule has 0 atom stereocenters. The second kappa shape index (κ2) is 19.3.